The molecule has 2 saturated heterocycles. The van der Waals surface area contributed by atoms with E-state index < -0.39 is 60.7 Å². The normalized spacial score (nSPS) is 24.7. The maximum atomic E-state index is 14.3. The summed E-state index contributed by atoms with van der Waals surface area (Å²) in [6.07, 6.45) is 1.70. The molecule has 2 heterocycles. The molecule has 0 radical (unpaired) electrons. The zero-order valence-corrected chi connectivity index (χ0v) is 16.5. The molecule has 2 amide bonds. The summed E-state index contributed by atoms with van der Waals surface area (Å²) in [5.74, 6) is -31.2. The number of hydrogen-bond donors (Lipinski definition) is 0. The second kappa shape index (κ2) is 8.14. The van der Waals surface area contributed by atoms with Gasteiger partial charge in [0.25, 0.3) is 11.8 Å². The van der Waals surface area contributed by atoms with Gasteiger partial charge in [-0.1, -0.05) is 0 Å². The Morgan fingerprint density at radius 1 is 0.633 bits per heavy atom. The Labute approximate surface area is 168 Å². The van der Waals surface area contributed by atoms with E-state index in [0.717, 1.165) is 0 Å². The first-order valence-corrected chi connectivity index (χ1v) is 9.74. The zero-order valence-electron chi connectivity index (χ0n) is 16.5. The molecule has 0 aromatic rings. The van der Waals surface area contributed by atoms with Crippen LogP contribution in [0.15, 0.2) is 0 Å². The Kier molecular flexibility index (Phi) is 6.69. The predicted octanol–water partition coefficient (Wildman–Crippen LogP) is 4.33. The first-order valence-electron chi connectivity index (χ1n) is 9.74. The van der Waals surface area contributed by atoms with Gasteiger partial charge in [0.15, 0.2) is 0 Å². The number of amides is 2. The van der Waals surface area contributed by atoms with Gasteiger partial charge in [0.05, 0.1) is 0 Å². The lowest BCUT2D eigenvalue weighted by Gasteiger charge is -2.42. The van der Waals surface area contributed by atoms with Crippen molar-refractivity contribution >= 4 is 11.8 Å². The third-order valence-electron chi connectivity index (χ3n) is 5.85. The molecule has 0 N–H and O–H groups in total. The molecule has 2 aliphatic rings. The van der Waals surface area contributed by atoms with Gasteiger partial charge in [-0.2, -0.15) is 35.1 Å². The van der Waals surface area contributed by atoms with Crippen LogP contribution in [0.4, 0.5) is 35.1 Å². The molecule has 0 spiro atoms. The first kappa shape index (κ1) is 24.6. The summed E-state index contributed by atoms with van der Waals surface area (Å²) >= 11 is 0. The van der Waals surface area contributed by atoms with Crippen molar-refractivity contribution in [1.29, 1.82) is 0 Å². The average molecular weight is 452 g/mol. The van der Waals surface area contributed by atoms with Gasteiger partial charge in [-0.3, -0.25) is 9.59 Å². The number of carbonyl (C=O) groups is 2. The van der Waals surface area contributed by atoms with Crippen LogP contribution >= 0.6 is 0 Å². The molecule has 0 bridgehead atoms. The minimum atomic E-state index is -6.80. The maximum absolute atomic E-state index is 14.3. The lowest BCUT2D eigenvalue weighted by atomic mass is 9.94. The van der Waals surface area contributed by atoms with E-state index in [1.54, 1.807) is 0 Å². The molecule has 2 unspecified atom stereocenters. The Hall–Kier alpha value is -1.62. The van der Waals surface area contributed by atoms with Crippen LogP contribution < -0.4 is 0 Å². The highest BCUT2D eigenvalue weighted by Gasteiger charge is 2.85. The molecule has 0 aliphatic carbocycles. The van der Waals surface area contributed by atoms with Gasteiger partial charge in [-0.05, 0) is 52.4 Å². The molecule has 12 heteroatoms. The fraction of sp³-hybridized carbons (Fsp3) is 0.889. The van der Waals surface area contributed by atoms with Crippen molar-refractivity contribution in [3.8, 4) is 0 Å². The molecule has 2 aliphatic heterocycles. The standard InChI is InChI=1S/C18H24F8N2O2/c1-11-7-3-5-9-27(11)13(29)15(19,20)17(23,24)18(25,26)16(21,22)14(30)28-10-6-4-8-12(28)2/h11-12H,3-10H2,1-2H3. The van der Waals surface area contributed by atoms with Crippen molar-refractivity contribution in [2.75, 3.05) is 13.1 Å². The largest absolute Gasteiger partial charge is 0.393 e. The lowest BCUT2D eigenvalue weighted by molar-refractivity contribution is -0.351. The van der Waals surface area contributed by atoms with Gasteiger partial charge >= 0.3 is 23.7 Å². The number of hydrogen-bond acceptors (Lipinski definition) is 2. The number of halogens is 8. The average Bonchev–Trinajstić information content (AvgIpc) is 2.67. The van der Waals surface area contributed by atoms with Gasteiger partial charge in [-0.15, -0.1) is 0 Å². The highest BCUT2D eigenvalue weighted by atomic mass is 19.4. The van der Waals surface area contributed by atoms with Crippen molar-refractivity contribution in [3.05, 3.63) is 0 Å². The van der Waals surface area contributed by atoms with Crippen LogP contribution in [0.1, 0.15) is 52.4 Å². The molecule has 174 valence electrons. The molecule has 0 saturated carbocycles. The topological polar surface area (TPSA) is 40.6 Å². The van der Waals surface area contributed by atoms with Crippen LogP contribution in [0.3, 0.4) is 0 Å². The second-order valence-corrected chi connectivity index (χ2v) is 7.98. The Morgan fingerprint density at radius 2 is 0.933 bits per heavy atom. The minimum absolute atomic E-state index is 0.172. The summed E-state index contributed by atoms with van der Waals surface area (Å²) in [5, 5.41) is 0. The fourth-order valence-corrected chi connectivity index (χ4v) is 3.82. The number of carbonyl (C=O) groups excluding carboxylic acids is 2. The molecule has 0 aromatic carbocycles. The Morgan fingerprint density at radius 3 is 1.20 bits per heavy atom. The highest BCUT2D eigenvalue weighted by Crippen LogP contribution is 2.54. The summed E-state index contributed by atoms with van der Waals surface area (Å²) in [7, 11) is 0. The quantitative estimate of drug-likeness (QED) is 0.583. The SMILES string of the molecule is CC1CCCCN1C(=O)C(F)(F)C(F)(F)C(F)(F)C(F)(F)C(=O)N1CCCCC1C. The zero-order chi connectivity index (χ0) is 23.1. The van der Waals surface area contributed by atoms with Crippen LogP contribution in [-0.4, -0.2) is 70.5 Å². The molecule has 30 heavy (non-hydrogen) atoms. The van der Waals surface area contributed by atoms with Crippen LogP contribution in [0, 0.1) is 0 Å². The van der Waals surface area contributed by atoms with E-state index in [4.69, 9.17) is 0 Å². The molecule has 0 aromatic heterocycles. The highest BCUT2D eigenvalue weighted by molar-refractivity contribution is 5.88. The molecule has 2 rings (SSSR count). The van der Waals surface area contributed by atoms with E-state index in [1.165, 1.54) is 13.8 Å². The van der Waals surface area contributed by atoms with Crippen molar-refractivity contribution in [3.63, 3.8) is 0 Å². The van der Waals surface area contributed by atoms with E-state index in [2.05, 4.69) is 0 Å². The van der Waals surface area contributed by atoms with E-state index in [-0.39, 0.29) is 25.7 Å². The second-order valence-electron chi connectivity index (χ2n) is 7.98. The van der Waals surface area contributed by atoms with Crippen molar-refractivity contribution in [2.45, 2.75) is 88.1 Å². The fourth-order valence-electron chi connectivity index (χ4n) is 3.82. The van der Waals surface area contributed by atoms with Crippen molar-refractivity contribution in [1.82, 2.24) is 9.80 Å². The van der Waals surface area contributed by atoms with Gasteiger partial charge in [0.2, 0.25) is 0 Å². The molecule has 2 fully saturated rings. The monoisotopic (exact) mass is 452 g/mol. The molecule has 2 atom stereocenters. The van der Waals surface area contributed by atoms with Crippen LogP contribution in [-0.2, 0) is 9.59 Å². The smallest absolute Gasteiger partial charge is 0.335 e. The number of rotatable bonds is 5. The number of piperidine rings is 2. The summed E-state index contributed by atoms with van der Waals surface area (Å²) in [4.78, 5) is 24.6. The summed E-state index contributed by atoms with van der Waals surface area (Å²) in [6.45, 7) is 1.74. The van der Waals surface area contributed by atoms with E-state index in [1.807, 2.05) is 0 Å². The van der Waals surface area contributed by atoms with Gasteiger partial charge < -0.3 is 9.80 Å². The summed E-state index contributed by atoms with van der Waals surface area (Å²) in [6, 6.07) is -1.89. The van der Waals surface area contributed by atoms with Crippen molar-refractivity contribution in [2.24, 2.45) is 0 Å². The number of likely N-dealkylation sites (tertiary alicyclic amines) is 2. The number of alkyl halides is 8. The minimum Gasteiger partial charge on any atom is -0.335 e. The Bertz CT molecular complexity index is 615. The van der Waals surface area contributed by atoms with Crippen LogP contribution in [0.25, 0.3) is 0 Å². The third-order valence-corrected chi connectivity index (χ3v) is 5.85. The van der Waals surface area contributed by atoms with E-state index in [0.29, 0.717) is 22.6 Å². The van der Waals surface area contributed by atoms with Gasteiger partial charge in [-0.25, -0.2) is 0 Å². The van der Waals surface area contributed by atoms with E-state index >= 15 is 0 Å². The van der Waals surface area contributed by atoms with Crippen LogP contribution in [0.5, 0.6) is 0 Å². The van der Waals surface area contributed by atoms with Crippen LogP contribution in [0.2, 0.25) is 0 Å². The molecule has 4 nitrogen and oxygen atoms in total. The first-order chi connectivity index (χ1) is 13.6. The molecular formula is C18H24F8N2O2. The van der Waals surface area contributed by atoms with Crippen molar-refractivity contribution < 1.29 is 44.7 Å². The summed E-state index contributed by atoms with van der Waals surface area (Å²) < 4.78 is 114. The third kappa shape index (κ3) is 3.74. The molecular weight excluding hydrogens is 428 g/mol. The predicted molar refractivity (Wildman–Crippen MR) is 89.8 cm³/mol. The van der Waals surface area contributed by atoms with E-state index in [9.17, 15) is 44.7 Å². The maximum Gasteiger partial charge on any atom is 0.393 e. The van der Waals surface area contributed by atoms with Gasteiger partial charge in [0, 0.05) is 25.2 Å². The lowest BCUT2D eigenvalue weighted by Crippen LogP contribution is -2.70. The Balaban J connectivity index is 2.36. The number of nitrogens with zero attached hydrogens (tertiary/aromatic N) is 2. The summed E-state index contributed by atoms with van der Waals surface area (Å²) in [5.41, 5.74) is 0. The van der Waals surface area contributed by atoms with Gasteiger partial charge in [0.1, 0.15) is 0 Å².